The third kappa shape index (κ3) is 6.68. The normalized spacial score (nSPS) is 13.3. The third-order valence-electron chi connectivity index (χ3n) is 5.73. The second kappa shape index (κ2) is 12.2. The maximum absolute atomic E-state index is 13.1. The van der Waals surface area contributed by atoms with E-state index in [0.717, 1.165) is 17.7 Å². The molecule has 208 valence electrons. The van der Waals surface area contributed by atoms with Crippen molar-refractivity contribution in [3.63, 3.8) is 0 Å². The zero-order valence-corrected chi connectivity index (χ0v) is 21.6. The average Bonchev–Trinajstić information content (AvgIpc) is 3.28. The zero-order chi connectivity index (χ0) is 28.9. The highest BCUT2D eigenvalue weighted by Gasteiger charge is 2.38. The molecule has 0 aliphatic carbocycles. The van der Waals surface area contributed by atoms with Crippen molar-refractivity contribution in [3.8, 4) is 11.8 Å². The minimum Gasteiger partial charge on any atom is -0.475 e. The summed E-state index contributed by atoms with van der Waals surface area (Å²) >= 11 is 5.92. The first-order chi connectivity index (χ1) is 18.4. The molecule has 0 spiro atoms. The topological polar surface area (TPSA) is 131 Å². The van der Waals surface area contributed by atoms with Gasteiger partial charge in [-0.05, 0) is 31.2 Å². The Morgan fingerprint density at radius 2 is 1.72 bits per heavy atom. The van der Waals surface area contributed by atoms with Crippen LogP contribution in [0.1, 0.15) is 17.3 Å². The van der Waals surface area contributed by atoms with Gasteiger partial charge in [-0.1, -0.05) is 17.5 Å². The molecule has 0 saturated carbocycles. The van der Waals surface area contributed by atoms with Gasteiger partial charge in [-0.2, -0.15) is 18.2 Å². The van der Waals surface area contributed by atoms with Crippen molar-refractivity contribution >= 4 is 40.5 Å². The fraction of sp³-hybridized carbons (Fsp3) is 0.375. The quantitative estimate of drug-likeness (QED) is 0.350. The highest BCUT2D eigenvalue weighted by Crippen LogP contribution is 2.21. The molecule has 0 radical (unpaired) electrons. The van der Waals surface area contributed by atoms with Gasteiger partial charge in [-0.3, -0.25) is 23.3 Å². The number of ketones is 1. The number of nitrogens with zero attached hydrogens (tertiary/aromatic N) is 5. The number of halogens is 4. The lowest BCUT2D eigenvalue weighted by atomic mass is 10.1. The van der Waals surface area contributed by atoms with Crippen molar-refractivity contribution in [2.45, 2.75) is 26.2 Å². The van der Waals surface area contributed by atoms with Gasteiger partial charge >= 0.3 is 17.8 Å². The van der Waals surface area contributed by atoms with Gasteiger partial charge in [-0.25, -0.2) is 9.59 Å². The number of carbonyl (C=O) groups is 2. The molecule has 4 rings (SSSR count). The Kier molecular flexibility index (Phi) is 9.20. The Balaban J connectivity index is 0.000000532. The van der Waals surface area contributed by atoms with Gasteiger partial charge < -0.3 is 15.3 Å². The molecule has 0 unspecified atom stereocenters. The molecule has 2 N–H and O–H groups in total. The number of aliphatic carboxylic acids is 1. The number of Topliss-reactive ketones (excluding diaryl/α,β-unsaturated/α-hetero) is 1. The van der Waals surface area contributed by atoms with Crippen molar-refractivity contribution in [1.82, 2.24) is 24.0 Å². The number of imidazole rings is 1. The molecule has 1 saturated heterocycles. The SMILES string of the molecule is CC#CCn1c(N2CCNCC2)nc2c1c(=O)n(C)c(=O)n2CC(=O)c1ccc(Cl)cc1.O=C(O)C(F)(F)F. The number of nitrogens with one attached hydrogen (secondary N) is 1. The molecule has 0 amide bonds. The van der Waals surface area contributed by atoms with E-state index in [1.807, 2.05) is 0 Å². The largest absolute Gasteiger partial charge is 0.490 e. The van der Waals surface area contributed by atoms with E-state index >= 15 is 0 Å². The first-order valence-corrected chi connectivity index (χ1v) is 11.9. The lowest BCUT2D eigenvalue weighted by molar-refractivity contribution is -0.192. The van der Waals surface area contributed by atoms with Gasteiger partial charge in [0.25, 0.3) is 5.56 Å². The fourth-order valence-electron chi connectivity index (χ4n) is 3.77. The van der Waals surface area contributed by atoms with E-state index in [2.05, 4.69) is 27.0 Å². The highest BCUT2D eigenvalue weighted by molar-refractivity contribution is 6.30. The van der Waals surface area contributed by atoms with Gasteiger partial charge in [0.2, 0.25) is 5.95 Å². The van der Waals surface area contributed by atoms with Crippen molar-refractivity contribution in [2.75, 3.05) is 31.1 Å². The summed E-state index contributed by atoms with van der Waals surface area (Å²) in [7, 11) is 1.40. The molecule has 3 aromatic rings. The summed E-state index contributed by atoms with van der Waals surface area (Å²) in [5.41, 5.74) is -0.198. The standard InChI is InChI=1S/C22H23ClN6O3.C2HF3O2/c1-3-4-11-28-18-19(25-21(28)27-12-9-24-10-13-27)29(22(32)26(2)20(18)31)14-17(30)15-5-7-16(23)8-6-15;3-2(4,5)1(6)7/h5-8,24H,9-14H2,1-2H3;(H,6,7). The smallest absolute Gasteiger partial charge is 0.475 e. The molecular formula is C24H24ClF3N6O5. The lowest BCUT2D eigenvalue weighted by Gasteiger charge is -2.28. The molecule has 1 aromatic carbocycles. The number of fused-ring (bicyclic) bond motifs is 1. The summed E-state index contributed by atoms with van der Waals surface area (Å²) < 4.78 is 35.7. The zero-order valence-electron chi connectivity index (χ0n) is 20.9. The maximum Gasteiger partial charge on any atom is 0.490 e. The summed E-state index contributed by atoms with van der Waals surface area (Å²) in [6.07, 6.45) is -5.08. The van der Waals surface area contributed by atoms with E-state index in [0.29, 0.717) is 29.6 Å². The number of carboxylic acids is 1. The summed E-state index contributed by atoms with van der Waals surface area (Å²) in [5, 5.41) is 10.9. The number of hydrogen-bond donors (Lipinski definition) is 2. The number of anilines is 1. The number of aromatic nitrogens is 4. The first kappa shape index (κ1) is 29.5. The molecule has 39 heavy (non-hydrogen) atoms. The Bertz CT molecular complexity index is 1560. The fourth-order valence-corrected chi connectivity index (χ4v) is 3.90. The average molecular weight is 569 g/mol. The number of carbonyl (C=O) groups excluding carboxylic acids is 1. The van der Waals surface area contributed by atoms with Crippen LogP contribution < -0.4 is 21.5 Å². The molecule has 1 aliphatic rings. The molecule has 11 nitrogen and oxygen atoms in total. The van der Waals surface area contributed by atoms with Crippen molar-refractivity contribution in [3.05, 3.63) is 55.7 Å². The van der Waals surface area contributed by atoms with Crippen molar-refractivity contribution < 1.29 is 27.9 Å². The van der Waals surface area contributed by atoms with Gasteiger partial charge in [0.1, 0.15) is 0 Å². The summed E-state index contributed by atoms with van der Waals surface area (Å²) in [6, 6.07) is 6.45. The van der Waals surface area contributed by atoms with Crippen LogP contribution in [0.4, 0.5) is 19.1 Å². The van der Waals surface area contributed by atoms with Gasteiger partial charge in [0.05, 0.1) is 13.1 Å². The first-order valence-electron chi connectivity index (χ1n) is 11.5. The predicted octanol–water partition coefficient (Wildman–Crippen LogP) is 1.50. The second-order valence-electron chi connectivity index (χ2n) is 8.30. The van der Waals surface area contributed by atoms with Crippen LogP contribution in [0.3, 0.4) is 0 Å². The van der Waals surface area contributed by atoms with E-state index in [4.69, 9.17) is 21.5 Å². The van der Waals surface area contributed by atoms with E-state index in [1.165, 1.54) is 11.6 Å². The molecule has 0 bridgehead atoms. The monoisotopic (exact) mass is 568 g/mol. The van der Waals surface area contributed by atoms with E-state index in [1.54, 1.807) is 35.8 Å². The predicted molar refractivity (Wildman–Crippen MR) is 137 cm³/mol. The summed E-state index contributed by atoms with van der Waals surface area (Å²) in [5.74, 6) is 3.37. The lowest BCUT2D eigenvalue weighted by Crippen LogP contribution is -2.44. The van der Waals surface area contributed by atoms with Crippen LogP contribution >= 0.6 is 11.6 Å². The van der Waals surface area contributed by atoms with Crippen LogP contribution in [-0.4, -0.2) is 67.9 Å². The Morgan fingerprint density at radius 1 is 1.13 bits per heavy atom. The van der Waals surface area contributed by atoms with Crippen LogP contribution in [0, 0.1) is 11.8 Å². The Labute approximate surface area is 224 Å². The molecule has 1 aliphatic heterocycles. The van der Waals surface area contributed by atoms with Crippen LogP contribution in [0.15, 0.2) is 33.9 Å². The minimum absolute atomic E-state index is 0.187. The highest BCUT2D eigenvalue weighted by atomic mass is 35.5. The second-order valence-corrected chi connectivity index (χ2v) is 8.74. The Hall–Kier alpha value is -4.09. The number of piperazine rings is 1. The van der Waals surface area contributed by atoms with Gasteiger partial charge in [0, 0.05) is 43.8 Å². The molecular weight excluding hydrogens is 545 g/mol. The van der Waals surface area contributed by atoms with Gasteiger partial charge in [-0.15, -0.1) is 5.92 Å². The van der Waals surface area contributed by atoms with E-state index < -0.39 is 23.4 Å². The molecule has 0 atom stereocenters. The maximum atomic E-state index is 13.1. The molecule has 15 heteroatoms. The van der Waals surface area contributed by atoms with Crippen molar-refractivity contribution in [1.29, 1.82) is 0 Å². The van der Waals surface area contributed by atoms with Crippen LogP contribution in [-0.2, 0) is 24.9 Å². The van der Waals surface area contributed by atoms with Gasteiger partial charge in [0.15, 0.2) is 16.9 Å². The minimum atomic E-state index is -5.08. The number of carboxylic acid groups (broad SMARTS) is 1. The number of benzene rings is 1. The Morgan fingerprint density at radius 3 is 2.26 bits per heavy atom. The van der Waals surface area contributed by atoms with E-state index in [-0.39, 0.29) is 30.0 Å². The third-order valence-corrected chi connectivity index (χ3v) is 5.99. The number of rotatable bonds is 5. The number of alkyl halides is 3. The summed E-state index contributed by atoms with van der Waals surface area (Å²) in [4.78, 5) is 54.6. The molecule has 2 aromatic heterocycles. The number of hydrogen-bond acceptors (Lipinski definition) is 7. The van der Waals surface area contributed by atoms with Crippen LogP contribution in [0.5, 0.6) is 0 Å². The van der Waals surface area contributed by atoms with Crippen molar-refractivity contribution in [2.24, 2.45) is 7.05 Å². The summed E-state index contributed by atoms with van der Waals surface area (Å²) in [6.45, 7) is 4.70. The molecule has 3 heterocycles. The van der Waals surface area contributed by atoms with Crippen LogP contribution in [0.25, 0.3) is 11.2 Å². The molecule has 1 fully saturated rings. The van der Waals surface area contributed by atoms with E-state index in [9.17, 15) is 27.6 Å². The van der Waals surface area contributed by atoms with Crippen LogP contribution in [0.2, 0.25) is 5.02 Å².